The molecule has 0 radical (unpaired) electrons. The zero-order valence-electron chi connectivity index (χ0n) is 12.1. The van der Waals surface area contributed by atoms with Crippen molar-refractivity contribution in [2.75, 3.05) is 29.1 Å². The van der Waals surface area contributed by atoms with E-state index >= 15 is 0 Å². The number of nitrogens with one attached hydrogen (secondary N) is 1. The van der Waals surface area contributed by atoms with Crippen molar-refractivity contribution in [2.45, 2.75) is 43.9 Å². The molecule has 2 aliphatic rings. The van der Waals surface area contributed by atoms with Gasteiger partial charge in [0.05, 0.1) is 5.69 Å². The molecule has 2 atom stereocenters. The van der Waals surface area contributed by atoms with Crippen LogP contribution in [0.25, 0.3) is 0 Å². The lowest BCUT2D eigenvalue weighted by molar-refractivity contribution is 0.610. The third-order valence-corrected chi connectivity index (χ3v) is 5.73. The number of hydrogen-bond acceptors (Lipinski definition) is 3. The number of anilines is 2. The minimum Gasteiger partial charge on any atom is -0.381 e. The van der Waals surface area contributed by atoms with Crippen molar-refractivity contribution in [3.63, 3.8) is 0 Å². The monoisotopic (exact) mass is 294 g/mol. The molecule has 0 saturated carbocycles. The number of nitrogens with zero attached hydrogens (tertiary/aromatic N) is 1. The van der Waals surface area contributed by atoms with Crippen LogP contribution in [0, 0.1) is 5.82 Å². The Hall–Kier alpha value is -0.900. The smallest absolute Gasteiger partial charge is 0.148 e. The molecule has 2 heterocycles. The van der Waals surface area contributed by atoms with Crippen molar-refractivity contribution in [1.82, 2.24) is 0 Å². The topological polar surface area (TPSA) is 15.3 Å². The quantitative estimate of drug-likeness (QED) is 0.902. The molecule has 2 fully saturated rings. The summed E-state index contributed by atoms with van der Waals surface area (Å²) in [5, 5.41) is 4.11. The average molecular weight is 294 g/mol. The first kappa shape index (κ1) is 14.1. The van der Waals surface area contributed by atoms with Crippen LogP contribution in [0.15, 0.2) is 18.2 Å². The minimum atomic E-state index is -0.0898. The Morgan fingerprint density at radius 2 is 2.05 bits per heavy atom. The SMILES string of the molecule is CC1SCCCC1Nc1ccc(N2CCCC2)c(F)c1. The van der Waals surface area contributed by atoms with Gasteiger partial charge in [0.2, 0.25) is 0 Å². The van der Waals surface area contributed by atoms with E-state index in [2.05, 4.69) is 17.1 Å². The van der Waals surface area contributed by atoms with Crippen LogP contribution in [0.1, 0.15) is 32.6 Å². The van der Waals surface area contributed by atoms with Crippen LogP contribution < -0.4 is 10.2 Å². The van der Waals surface area contributed by atoms with E-state index < -0.39 is 0 Å². The summed E-state index contributed by atoms with van der Waals surface area (Å²) in [6.45, 7) is 4.23. The van der Waals surface area contributed by atoms with Crippen LogP contribution in [-0.4, -0.2) is 30.1 Å². The second-order valence-corrected chi connectivity index (χ2v) is 7.31. The maximum atomic E-state index is 14.3. The van der Waals surface area contributed by atoms with Gasteiger partial charge < -0.3 is 10.2 Å². The maximum absolute atomic E-state index is 14.3. The lowest BCUT2D eigenvalue weighted by Crippen LogP contribution is -2.32. The number of halogens is 1. The Morgan fingerprint density at radius 3 is 2.75 bits per heavy atom. The molecule has 2 nitrogen and oxygen atoms in total. The van der Waals surface area contributed by atoms with Gasteiger partial charge in [0.15, 0.2) is 0 Å². The fraction of sp³-hybridized carbons (Fsp3) is 0.625. The fourth-order valence-corrected chi connectivity index (χ4v) is 4.28. The van der Waals surface area contributed by atoms with Gasteiger partial charge in [0.1, 0.15) is 5.82 Å². The Bertz CT molecular complexity index is 460. The fourth-order valence-electron chi connectivity index (χ4n) is 3.14. The zero-order chi connectivity index (χ0) is 13.9. The molecule has 1 aromatic rings. The summed E-state index contributed by atoms with van der Waals surface area (Å²) in [4.78, 5) is 2.15. The van der Waals surface area contributed by atoms with E-state index in [-0.39, 0.29) is 5.82 Å². The molecule has 0 amide bonds. The first-order chi connectivity index (χ1) is 9.74. The van der Waals surface area contributed by atoms with Crippen molar-refractivity contribution in [3.05, 3.63) is 24.0 Å². The van der Waals surface area contributed by atoms with Gasteiger partial charge in [-0.2, -0.15) is 11.8 Å². The predicted octanol–water partition coefficient (Wildman–Crippen LogP) is 4.12. The molecule has 110 valence electrons. The Labute approximate surface area is 125 Å². The standard InChI is InChI=1S/C16H23FN2S/c1-12-15(5-4-10-20-12)18-13-6-7-16(14(17)11-13)19-8-2-3-9-19/h6-7,11-12,15,18H,2-5,8-10H2,1H3. The molecule has 4 heteroatoms. The summed E-state index contributed by atoms with van der Waals surface area (Å²) in [6.07, 6.45) is 4.79. The van der Waals surface area contributed by atoms with Crippen molar-refractivity contribution < 1.29 is 4.39 Å². The molecule has 20 heavy (non-hydrogen) atoms. The summed E-state index contributed by atoms with van der Waals surface area (Å²) in [7, 11) is 0. The van der Waals surface area contributed by atoms with Crippen molar-refractivity contribution in [2.24, 2.45) is 0 Å². The van der Waals surface area contributed by atoms with Crippen molar-refractivity contribution >= 4 is 23.1 Å². The van der Waals surface area contributed by atoms with E-state index in [1.165, 1.54) is 31.4 Å². The highest BCUT2D eigenvalue weighted by Gasteiger charge is 2.22. The summed E-state index contributed by atoms with van der Waals surface area (Å²) in [6, 6.07) is 6.09. The van der Waals surface area contributed by atoms with Gasteiger partial charge in [-0.1, -0.05) is 6.92 Å². The normalized spacial score (nSPS) is 26.8. The van der Waals surface area contributed by atoms with Gasteiger partial charge in [-0.05, 0) is 49.6 Å². The Morgan fingerprint density at radius 1 is 1.25 bits per heavy atom. The zero-order valence-corrected chi connectivity index (χ0v) is 12.9. The van der Waals surface area contributed by atoms with Gasteiger partial charge in [-0.15, -0.1) is 0 Å². The number of rotatable bonds is 3. The number of hydrogen-bond donors (Lipinski definition) is 1. The number of benzene rings is 1. The van der Waals surface area contributed by atoms with Crippen LogP contribution in [0.5, 0.6) is 0 Å². The van der Waals surface area contributed by atoms with Crippen molar-refractivity contribution in [3.8, 4) is 0 Å². The van der Waals surface area contributed by atoms with Gasteiger partial charge in [-0.3, -0.25) is 0 Å². The molecule has 0 aliphatic carbocycles. The molecule has 1 N–H and O–H groups in total. The Balaban J connectivity index is 1.69. The number of thioether (sulfide) groups is 1. The predicted molar refractivity (Wildman–Crippen MR) is 86.4 cm³/mol. The van der Waals surface area contributed by atoms with E-state index in [4.69, 9.17) is 0 Å². The van der Waals surface area contributed by atoms with Crippen LogP contribution in [0.2, 0.25) is 0 Å². The molecule has 3 rings (SSSR count). The van der Waals surface area contributed by atoms with Crippen LogP contribution in [0.3, 0.4) is 0 Å². The summed E-state index contributed by atoms with van der Waals surface area (Å²) in [5.74, 6) is 1.16. The molecular weight excluding hydrogens is 271 g/mol. The second-order valence-electron chi connectivity index (χ2n) is 5.83. The maximum Gasteiger partial charge on any atom is 0.148 e. The van der Waals surface area contributed by atoms with Gasteiger partial charge in [-0.25, -0.2) is 4.39 Å². The molecule has 0 spiro atoms. The molecule has 1 aromatic carbocycles. The van der Waals surface area contributed by atoms with Crippen LogP contribution in [0.4, 0.5) is 15.8 Å². The highest BCUT2D eigenvalue weighted by Crippen LogP contribution is 2.30. The lowest BCUT2D eigenvalue weighted by atomic mass is 10.1. The molecule has 2 saturated heterocycles. The van der Waals surface area contributed by atoms with Crippen molar-refractivity contribution in [1.29, 1.82) is 0 Å². The van der Waals surface area contributed by atoms with E-state index in [9.17, 15) is 4.39 Å². The van der Waals surface area contributed by atoms with Gasteiger partial charge >= 0.3 is 0 Å². The summed E-state index contributed by atoms with van der Waals surface area (Å²) < 4.78 is 14.3. The molecule has 0 aromatic heterocycles. The third-order valence-electron chi connectivity index (χ3n) is 4.35. The average Bonchev–Trinajstić information content (AvgIpc) is 2.95. The third kappa shape index (κ3) is 3.05. The first-order valence-electron chi connectivity index (χ1n) is 7.67. The summed E-state index contributed by atoms with van der Waals surface area (Å²) >= 11 is 2.01. The van der Waals surface area contributed by atoms with Crippen LogP contribution in [-0.2, 0) is 0 Å². The molecule has 2 unspecified atom stereocenters. The van der Waals surface area contributed by atoms with E-state index in [1.54, 1.807) is 6.07 Å². The lowest BCUT2D eigenvalue weighted by Gasteiger charge is -2.30. The van der Waals surface area contributed by atoms with E-state index in [1.807, 2.05) is 23.9 Å². The minimum absolute atomic E-state index is 0.0898. The molecular formula is C16H23FN2S. The summed E-state index contributed by atoms with van der Waals surface area (Å²) in [5.41, 5.74) is 1.68. The van der Waals surface area contributed by atoms with Gasteiger partial charge in [0, 0.05) is 30.1 Å². The highest BCUT2D eigenvalue weighted by atomic mass is 32.2. The molecule has 2 aliphatic heterocycles. The van der Waals surface area contributed by atoms with Gasteiger partial charge in [0.25, 0.3) is 0 Å². The van der Waals surface area contributed by atoms with E-state index in [0.29, 0.717) is 11.3 Å². The highest BCUT2D eigenvalue weighted by molar-refractivity contribution is 8.00. The second kappa shape index (κ2) is 6.25. The largest absolute Gasteiger partial charge is 0.381 e. The molecule has 0 bridgehead atoms. The Kier molecular flexibility index (Phi) is 4.39. The van der Waals surface area contributed by atoms with E-state index in [0.717, 1.165) is 24.5 Å². The first-order valence-corrected chi connectivity index (χ1v) is 8.71. The van der Waals surface area contributed by atoms with Crippen LogP contribution >= 0.6 is 11.8 Å².